The maximum Gasteiger partial charge on any atom is 0.271 e. The lowest BCUT2D eigenvalue weighted by Crippen LogP contribution is -2.17. The van der Waals surface area contributed by atoms with Crippen LogP contribution in [-0.2, 0) is 0 Å². The third-order valence-corrected chi connectivity index (χ3v) is 4.91. The average Bonchev–Trinajstić information content (AvgIpc) is 3.12. The highest BCUT2D eigenvalue weighted by atomic mass is 127. The molecule has 0 saturated carbocycles. The van der Waals surface area contributed by atoms with Gasteiger partial charge in [-0.2, -0.15) is 5.10 Å². The summed E-state index contributed by atoms with van der Waals surface area (Å²) in [6, 6.07) is 10.7. The smallest absolute Gasteiger partial charge is 0.271 e. The van der Waals surface area contributed by atoms with Gasteiger partial charge in [0.25, 0.3) is 5.91 Å². The summed E-state index contributed by atoms with van der Waals surface area (Å²) < 4.78 is 11.9. The number of ether oxygens (including phenoxy) is 1. The summed E-state index contributed by atoms with van der Waals surface area (Å²) in [5, 5.41) is 3.90. The van der Waals surface area contributed by atoms with E-state index in [0.717, 1.165) is 15.9 Å². The number of benzene rings is 1. The van der Waals surface area contributed by atoms with E-state index in [0.29, 0.717) is 17.9 Å². The maximum absolute atomic E-state index is 12.1. The van der Waals surface area contributed by atoms with Crippen molar-refractivity contribution in [2.24, 2.45) is 5.10 Å². The number of carbonyl (C=O) groups excluding carboxylic acids is 1. The molecule has 0 aliphatic heterocycles. The fourth-order valence-corrected chi connectivity index (χ4v) is 3.18. The van der Waals surface area contributed by atoms with Gasteiger partial charge in [0.2, 0.25) is 0 Å². The molecule has 2 aromatic rings. The molecule has 0 unspecified atom stereocenters. The Labute approximate surface area is 181 Å². The van der Waals surface area contributed by atoms with Gasteiger partial charge in [-0.1, -0.05) is 51.9 Å². The minimum Gasteiger partial charge on any atom is -0.494 e. The third kappa shape index (κ3) is 8.91. The Kier molecular flexibility index (Phi) is 10.7. The van der Waals surface area contributed by atoms with Gasteiger partial charge in [0.1, 0.15) is 11.5 Å². The van der Waals surface area contributed by atoms with Crippen LogP contribution in [0.4, 0.5) is 0 Å². The monoisotopic (exact) mass is 496 g/mol. The van der Waals surface area contributed by atoms with Crippen molar-refractivity contribution in [1.82, 2.24) is 5.43 Å². The number of furan rings is 1. The predicted octanol–water partition coefficient (Wildman–Crippen LogP) is 6.17. The molecule has 0 bridgehead atoms. The molecule has 1 aromatic carbocycles. The fourth-order valence-electron chi connectivity index (χ4n) is 2.75. The van der Waals surface area contributed by atoms with Crippen LogP contribution >= 0.6 is 22.6 Å². The van der Waals surface area contributed by atoms with Gasteiger partial charge in [-0.15, -0.1) is 0 Å². The molecule has 0 saturated heterocycles. The zero-order valence-electron chi connectivity index (χ0n) is 16.5. The second-order valence-corrected chi connectivity index (χ2v) is 7.75. The van der Waals surface area contributed by atoms with E-state index in [1.165, 1.54) is 51.2 Å². The van der Waals surface area contributed by atoms with Crippen LogP contribution in [-0.4, -0.2) is 18.7 Å². The van der Waals surface area contributed by atoms with Crippen molar-refractivity contribution in [3.8, 4) is 5.75 Å². The van der Waals surface area contributed by atoms with Crippen molar-refractivity contribution in [3.05, 3.63) is 51.5 Å². The first kappa shape index (κ1) is 22.5. The highest BCUT2D eigenvalue weighted by Crippen LogP contribution is 2.14. The number of amides is 1. The number of hydrogen-bond acceptors (Lipinski definition) is 4. The zero-order valence-corrected chi connectivity index (χ0v) is 18.6. The molecule has 0 atom stereocenters. The third-order valence-electron chi connectivity index (χ3n) is 4.33. The Morgan fingerprint density at radius 3 is 2.36 bits per heavy atom. The van der Waals surface area contributed by atoms with Crippen LogP contribution in [0.2, 0.25) is 0 Å². The molecule has 0 aliphatic rings. The van der Waals surface area contributed by atoms with Gasteiger partial charge in [0.15, 0.2) is 3.77 Å². The van der Waals surface area contributed by atoms with E-state index in [-0.39, 0.29) is 5.91 Å². The number of nitrogens with one attached hydrogen (secondary N) is 1. The summed E-state index contributed by atoms with van der Waals surface area (Å²) in [6.45, 7) is 2.96. The van der Waals surface area contributed by atoms with Crippen LogP contribution in [0.5, 0.6) is 5.75 Å². The van der Waals surface area contributed by atoms with Crippen LogP contribution in [0.3, 0.4) is 0 Å². The van der Waals surface area contributed by atoms with Crippen molar-refractivity contribution < 1.29 is 13.9 Å². The first-order chi connectivity index (χ1) is 13.7. The van der Waals surface area contributed by atoms with Crippen LogP contribution < -0.4 is 10.2 Å². The largest absolute Gasteiger partial charge is 0.494 e. The summed E-state index contributed by atoms with van der Waals surface area (Å²) in [6.07, 6.45) is 11.7. The fraction of sp³-hybridized carbons (Fsp3) is 0.455. The zero-order chi connectivity index (χ0) is 20.0. The number of hydrazone groups is 1. The molecule has 0 fully saturated rings. The van der Waals surface area contributed by atoms with E-state index >= 15 is 0 Å². The first-order valence-corrected chi connectivity index (χ1v) is 11.1. The average molecular weight is 496 g/mol. The summed E-state index contributed by atoms with van der Waals surface area (Å²) in [5.74, 6) is 1.11. The number of carbonyl (C=O) groups is 1. The molecule has 1 aromatic heterocycles. The number of unbranched alkanes of at least 4 members (excludes halogenated alkanes) is 7. The molecule has 1 heterocycles. The van der Waals surface area contributed by atoms with E-state index in [4.69, 9.17) is 9.15 Å². The molecule has 0 radical (unpaired) electrons. The SMILES string of the molecule is CCCCCCCCCCOc1ccc(C(=O)N/N=C\c2ccc(I)o2)cc1. The Bertz CT molecular complexity index is 726. The number of nitrogens with zero attached hydrogens (tertiary/aromatic N) is 1. The number of hydrogen-bond donors (Lipinski definition) is 1. The van der Waals surface area contributed by atoms with Crippen molar-refractivity contribution in [2.75, 3.05) is 6.61 Å². The van der Waals surface area contributed by atoms with E-state index in [1.807, 2.05) is 18.2 Å². The highest BCUT2D eigenvalue weighted by molar-refractivity contribution is 14.1. The summed E-state index contributed by atoms with van der Waals surface area (Å²) >= 11 is 2.07. The standard InChI is InChI=1S/C22H29IN2O3/c1-2-3-4-5-6-7-8-9-16-27-19-12-10-18(11-13-19)22(26)25-24-17-20-14-15-21(23)28-20/h10-15,17H,2-9,16H2,1H3,(H,25,26)/b24-17-. The van der Waals surface area contributed by atoms with Crippen molar-refractivity contribution in [3.63, 3.8) is 0 Å². The molecule has 0 aliphatic carbocycles. The van der Waals surface area contributed by atoms with E-state index in [9.17, 15) is 4.79 Å². The van der Waals surface area contributed by atoms with Gasteiger partial charge >= 0.3 is 0 Å². The Morgan fingerprint density at radius 1 is 1.04 bits per heavy atom. The maximum atomic E-state index is 12.1. The lowest BCUT2D eigenvalue weighted by atomic mass is 10.1. The molecule has 1 amide bonds. The minimum atomic E-state index is -0.271. The molecule has 152 valence electrons. The molecule has 2 rings (SSSR count). The summed E-state index contributed by atoms with van der Waals surface area (Å²) in [7, 11) is 0. The van der Waals surface area contributed by atoms with Crippen LogP contribution in [0.15, 0.2) is 45.9 Å². The molecular formula is C22H29IN2O3. The molecule has 1 N–H and O–H groups in total. The predicted molar refractivity (Wildman–Crippen MR) is 121 cm³/mol. The summed E-state index contributed by atoms with van der Waals surface area (Å²) in [5.41, 5.74) is 3.02. The van der Waals surface area contributed by atoms with Gasteiger partial charge in [-0.05, 0) is 65.4 Å². The lowest BCUT2D eigenvalue weighted by molar-refractivity contribution is 0.0955. The minimum absolute atomic E-state index is 0.271. The molecule has 5 nitrogen and oxygen atoms in total. The van der Waals surface area contributed by atoms with E-state index < -0.39 is 0 Å². The normalized spacial score (nSPS) is 11.1. The topological polar surface area (TPSA) is 63.8 Å². The van der Waals surface area contributed by atoms with Gasteiger partial charge < -0.3 is 9.15 Å². The second kappa shape index (κ2) is 13.4. The van der Waals surface area contributed by atoms with Crippen LogP contribution in [0, 0.1) is 3.77 Å². The lowest BCUT2D eigenvalue weighted by Gasteiger charge is -2.07. The number of rotatable bonds is 13. The second-order valence-electron chi connectivity index (χ2n) is 6.69. The van der Waals surface area contributed by atoms with Gasteiger partial charge in [0.05, 0.1) is 12.8 Å². The molecule has 0 spiro atoms. The first-order valence-electron chi connectivity index (χ1n) is 10.0. The van der Waals surface area contributed by atoms with Crippen molar-refractivity contribution >= 4 is 34.7 Å². The molecule has 28 heavy (non-hydrogen) atoms. The van der Waals surface area contributed by atoms with Gasteiger partial charge in [0, 0.05) is 5.56 Å². The Balaban J connectivity index is 1.61. The molecular weight excluding hydrogens is 467 g/mol. The van der Waals surface area contributed by atoms with Crippen LogP contribution in [0.1, 0.15) is 74.4 Å². The molecule has 6 heteroatoms. The summed E-state index contributed by atoms with van der Waals surface area (Å²) in [4.78, 5) is 12.1. The van der Waals surface area contributed by atoms with Crippen molar-refractivity contribution in [2.45, 2.75) is 58.3 Å². The van der Waals surface area contributed by atoms with Gasteiger partial charge in [-0.25, -0.2) is 5.43 Å². The number of halogens is 1. The quantitative estimate of drug-likeness (QED) is 0.156. The Hall–Kier alpha value is -1.83. The van der Waals surface area contributed by atoms with Crippen LogP contribution in [0.25, 0.3) is 0 Å². The highest BCUT2D eigenvalue weighted by Gasteiger charge is 2.04. The van der Waals surface area contributed by atoms with Gasteiger partial charge in [-0.3, -0.25) is 4.79 Å². The van der Waals surface area contributed by atoms with Crippen molar-refractivity contribution in [1.29, 1.82) is 0 Å². The Morgan fingerprint density at radius 2 is 1.71 bits per heavy atom. The van der Waals surface area contributed by atoms with E-state index in [1.54, 1.807) is 18.2 Å². The van der Waals surface area contributed by atoms with E-state index in [2.05, 4.69) is 40.0 Å².